The first-order chi connectivity index (χ1) is 13.0. The van der Waals surface area contributed by atoms with Gasteiger partial charge in [0.2, 0.25) is 0 Å². The number of hydrogen-bond donors (Lipinski definition) is 1. The van der Waals surface area contributed by atoms with Gasteiger partial charge in [-0.05, 0) is 35.7 Å². The van der Waals surface area contributed by atoms with Crippen LogP contribution in [-0.2, 0) is 19.5 Å². The second kappa shape index (κ2) is 8.16. The highest BCUT2D eigenvalue weighted by atomic mass is 16.5. The molecule has 0 unspecified atom stereocenters. The number of carbonyl (C=O) groups is 1. The molecule has 0 aliphatic carbocycles. The summed E-state index contributed by atoms with van der Waals surface area (Å²) in [6.07, 6.45) is 2.54. The Bertz CT molecular complexity index is 823. The first-order valence-corrected chi connectivity index (χ1v) is 8.91. The summed E-state index contributed by atoms with van der Waals surface area (Å²) in [7, 11) is 7.13. The van der Waals surface area contributed by atoms with E-state index in [0.717, 1.165) is 29.1 Å². The average Bonchev–Trinajstić information content (AvgIpc) is 2.70. The summed E-state index contributed by atoms with van der Waals surface area (Å²) >= 11 is 0. The van der Waals surface area contributed by atoms with E-state index >= 15 is 0 Å². The topological polar surface area (TPSA) is 66.9 Å². The lowest BCUT2D eigenvalue weighted by molar-refractivity contribution is 0.191. The largest absolute Gasteiger partial charge is 0.493 e. The summed E-state index contributed by atoms with van der Waals surface area (Å²) in [6, 6.07) is 7.74. The van der Waals surface area contributed by atoms with Crippen molar-refractivity contribution in [3.8, 4) is 11.5 Å². The number of nitrogens with zero attached hydrogens (tertiary/aromatic N) is 3. The molecule has 0 radical (unpaired) electrons. The minimum absolute atomic E-state index is 0.0796. The molecule has 1 aliphatic heterocycles. The minimum atomic E-state index is -0.0796. The number of pyridine rings is 1. The molecule has 1 aromatic heterocycles. The number of anilines is 1. The van der Waals surface area contributed by atoms with Gasteiger partial charge < -0.3 is 24.6 Å². The Balaban J connectivity index is 1.68. The molecule has 0 spiro atoms. The summed E-state index contributed by atoms with van der Waals surface area (Å²) < 4.78 is 10.8. The van der Waals surface area contributed by atoms with Gasteiger partial charge in [0, 0.05) is 45.5 Å². The Morgan fingerprint density at radius 3 is 2.59 bits per heavy atom. The van der Waals surface area contributed by atoms with Crippen LogP contribution in [0.5, 0.6) is 11.5 Å². The number of benzene rings is 1. The molecule has 1 aliphatic rings. The van der Waals surface area contributed by atoms with Gasteiger partial charge >= 0.3 is 6.03 Å². The predicted octanol–water partition coefficient (Wildman–Crippen LogP) is 2.43. The number of hydrogen-bond acceptors (Lipinski definition) is 5. The number of urea groups is 1. The summed E-state index contributed by atoms with van der Waals surface area (Å²) in [4.78, 5) is 20.8. The van der Waals surface area contributed by atoms with Gasteiger partial charge in [-0.25, -0.2) is 9.78 Å². The Hall–Kier alpha value is -2.96. The standard InChI is InChI=1S/C20H26N4O3/c1-23(2)19-15(6-5-8-21-19)12-22-20(25)24-9-7-14-10-17(26-3)18(27-4)11-16(14)13-24/h5-6,8,10-11H,7,9,12-13H2,1-4H3,(H,22,25). The zero-order chi connectivity index (χ0) is 19.4. The van der Waals surface area contributed by atoms with Gasteiger partial charge in [-0.15, -0.1) is 0 Å². The van der Waals surface area contributed by atoms with E-state index < -0.39 is 0 Å². The summed E-state index contributed by atoms with van der Waals surface area (Å²) in [5, 5.41) is 3.01. The normalized spacial score (nSPS) is 13.0. The number of aromatic nitrogens is 1. The molecule has 144 valence electrons. The number of nitrogens with one attached hydrogen (secondary N) is 1. The van der Waals surface area contributed by atoms with Crippen LogP contribution in [-0.4, -0.2) is 50.8 Å². The van der Waals surface area contributed by atoms with Crippen LogP contribution in [0.1, 0.15) is 16.7 Å². The summed E-state index contributed by atoms with van der Waals surface area (Å²) in [5.74, 6) is 2.27. The zero-order valence-corrected chi connectivity index (χ0v) is 16.3. The molecule has 2 amide bonds. The highest BCUT2D eigenvalue weighted by Gasteiger charge is 2.23. The molecule has 7 nitrogen and oxygen atoms in total. The van der Waals surface area contributed by atoms with Crippen LogP contribution in [0.15, 0.2) is 30.5 Å². The maximum Gasteiger partial charge on any atom is 0.317 e. The van der Waals surface area contributed by atoms with Crippen molar-refractivity contribution in [1.82, 2.24) is 15.2 Å². The Morgan fingerprint density at radius 1 is 1.22 bits per heavy atom. The fourth-order valence-corrected chi connectivity index (χ4v) is 3.31. The maximum atomic E-state index is 12.7. The summed E-state index contributed by atoms with van der Waals surface area (Å²) in [6.45, 7) is 1.66. The first kappa shape index (κ1) is 18.8. The van der Waals surface area contributed by atoms with Crippen molar-refractivity contribution in [2.45, 2.75) is 19.5 Å². The SMILES string of the molecule is COc1cc2c(cc1OC)CN(C(=O)NCc1cccnc1N(C)C)CC2. The van der Waals surface area contributed by atoms with E-state index in [9.17, 15) is 4.79 Å². The van der Waals surface area contributed by atoms with Crippen molar-refractivity contribution in [3.63, 3.8) is 0 Å². The molecule has 0 atom stereocenters. The molecule has 1 N–H and O–H groups in total. The maximum absolute atomic E-state index is 12.7. The molecule has 1 aromatic carbocycles. The van der Waals surface area contributed by atoms with Gasteiger partial charge in [0.05, 0.1) is 14.2 Å². The fourth-order valence-electron chi connectivity index (χ4n) is 3.31. The predicted molar refractivity (Wildman–Crippen MR) is 104 cm³/mol. The van der Waals surface area contributed by atoms with E-state index in [1.807, 2.05) is 48.2 Å². The molecular formula is C20H26N4O3. The Morgan fingerprint density at radius 2 is 1.93 bits per heavy atom. The van der Waals surface area contributed by atoms with Crippen LogP contribution in [0, 0.1) is 0 Å². The van der Waals surface area contributed by atoms with E-state index in [1.165, 1.54) is 5.56 Å². The monoisotopic (exact) mass is 370 g/mol. The van der Waals surface area contributed by atoms with Crippen molar-refractivity contribution < 1.29 is 14.3 Å². The van der Waals surface area contributed by atoms with Crippen LogP contribution in [0.2, 0.25) is 0 Å². The van der Waals surface area contributed by atoms with Gasteiger partial charge in [0.15, 0.2) is 11.5 Å². The third kappa shape index (κ3) is 4.07. The lowest BCUT2D eigenvalue weighted by Crippen LogP contribution is -2.42. The average molecular weight is 370 g/mol. The van der Waals surface area contributed by atoms with E-state index in [-0.39, 0.29) is 6.03 Å². The number of methoxy groups -OCH3 is 2. The van der Waals surface area contributed by atoms with Crippen molar-refractivity contribution in [3.05, 3.63) is 47.2 Å². The van der Waals surface area contributed by atoms with Gasteiger partial charge in [0.1, 0.15) is 5.82 Å². The van der Waals surface area contributed by atoms with Gasteiger partial charge in [-0.1, -0.05) is 6.07 Å². The van der Waals surface area contributed by atoms with Crippen LogP contribution >= 0.6 is 0 Å². The van der Waals surface area contributed by atoms with Crippen LogP contribution in [0.3, 0.4) is 0 Å². The van der Waals surface area contributed by atoms with E-state index in [4.69, 9.17) is 9.47 Å². The fraction of sp³-hybridized carbons (Fsp3) is 0.400. The van der Waals surface area contributed by atoms with Crippen LogP contribution < -0.4 is 19.7 Å². The molecule has 3 rings (SSSR count). The van der Waals surface area contributed by atoms with E-state index in [0.29, 0.717) is 25.4 Å². The second-order valence-corrected chi connectivity index (χ2v) is 6.69. The number of carbonyl (C=O) groups excluding carboxylic acids is 1. The van der Waals surface area contributed by atoms with Gasteiger partial charge in [-0.2, -0.15) is 0 Å². The van der Waals surface area contributed by atoms with Crippen molar-refractivity contribution in [2.75, 3.05) is 39.8 Å². The van der Waals surface area contributed by atoms with Crippen molar-refractivity contribution in [1.29, 1.82) is 0 Å². The zero-order valence-electron chi connectivity index (χ0n) is 16.3. The quantitative estimate of drug-likeness (QED) is 0.876. The lowest BCUT2D eigenvalue weighted by Gasteiger charge is -2.30. The Kier molecular flexibility index (Phi) is 5.69. The van der Waals surface area contributed by atoms with Gasteiger partial charge in [-0.3, -0.25) is 0 Å². The van der Waals surface area contributed by atoms with Crippen molar-refractivity contribution >= 4 is 11.8 Å². The molecule has 0 saturated heterocycles. The molecule has 0 fully saturated rings. The first-order valence-electron chi connectivity index (χ1n) is 8.91. The Labute approximate surface area is 159 Å². The molecular weight excluding hydrogens is 344 g/mol. The summed E-state index contributed by atoms with van der Waals surface area (Å²) in [5.41, 5.74) is 3.27. The second-order valence-electron chi connectivity index (χ2n) is 6.69. The highest BCUT2D eigenvalue weighted by molar-refractivity contribution is 5.75. The smallest absolute Gasteiger partial charge is 0.317 e. The minimum Gasteiger partial charge on any atom is -0.493 e. The molecule has 0 saturated carbocycles. The molecule has 2 aromatic rings. The van der Waals surface area contributed by atoms with E-state index in [1.54, 1.807) is 20.4 Å². The van der Waals surface area contributed by atoms with Crippen LogP contribution in [0.25, 0.3) is 0 Å². The van der Waals surface area contributed by atoms with Crippen molar-refractivity contribution in [2.24, 2.45) is 0 Å². The third-order valence-corrected chi connectivity index (χ3v) is 4.73. The number of fused-ring (bicyclic) bond motifs is 1. The molecule has 27 heavy (non-hydrogen) atoms. The van der Waals surface area contributed by atoms with Crippen LogP contribution in [0.4, 0.5) is 10.6 Å². The van der Waals surface area contributed by atoms with Gasteiger partial charge in [0.25, 0.3) is 0 Å². The number of amides is 2. The molecule has 0 bridgehead atoms. The highest BCUT2D eigenvalue weighted by Crippen LogP contribution is 2.33. The third-order valence-electron chi connectivity index (χ3n) is 4.73. The van der Waals surface area contributed by atoms with E-state index in [2.05, 4.69) is 10.3 Å². The molecule has 2 heterocycles. The lowest BCUT2D eigenvalue weighted by atomic mass is 9.99. The number of ether oxygens (including phenoxy) is 2. The molecule has 7 heteroatoms. The number of rotatable bonds is 5.